The molecule has 11 amide bonds. The second-order valence-electron chi connectivity index (χ2n) is 20.1. The first-order chi connectivity index (χ1) is 40.7. The molecule has 458 valence electrons. The van der Waals surface area contributed by atoms with Crippen molar-refractivity contribution in [2.75, 3.05) is 37.7 Å². The van der Waals surface area contributed by atoms with Crippen molar-refractivity contribution >= 4 is 116 Å². The molecule has 21 N–H and O–H groups in total. The Labute approximate surface area is 495 Å². The van der Waals surface area contributed by atoms with Crippen molar-refractivity contribution in [1.82, 2.24) is 68.4 Å². The van der Waals surface area contributed by atoms with Gasteiger partial charge in [0.2, 0.25) is 47.3 Å². The molecule has 0 spiro atoms. The first-order valence-corrected chi connectivity index (χ1v) is 29.6. The Bertz CT molecular complexity index is 2960. The molecule has 1 unspecified atom stereocenters. The molecular weight excluding hydrogens is 1150 g/mol. The van der Waals surface area contributed by atoms with E-state index in [9.17, 15) is 57.8 Å². The van der Waals surface area contributed by atoms with Crippen molar-refractivity contribution in [3.05, 3.63) is 71.9 Å². The summed E-state index contributed by atoms with van der Waals surface area (Å²) < 4.78 is 0. The zero-order chi connectivity index (χ0) is 61.6. The molecule has 1 aromatic heterocycles. The van der Waals surface area contributed by atoms with E-state index in [-0.39, 0.29) is 82.3 Å². The second kappa shape index (κ2) is 32.1. The van der Waals surface area contributed by atoms with Crippen molar-refractivity contribution in [2.45, 2.75) is 112 Å². The number of hydrogen-bond acceptors (Lipinski definition) is 17. The number of nitrogens with zero attached hydrogens (tertiary/aromatic N) is 2. The van der Waals surface area contributed by atoms with Crippen molar-refractivity contribution in [3.8, 4) is 0 Å². The summed E-state index contributed by atoms with van der Waals surface area (Å²) in [6, 6.07) is 1.94. The first-order valence-electron chi connectivity index (χ1n) is 27.1. The molecule has 33 heteroatoms. The molecule has 3 aliphatic heterocycles. The smallest absolute Gasteiger partial charge is 0.325 e. The van der Waals surface area contributed by atoms with Gasteiger partial charge >= 0.3 is 12.0 Å². The monoisotopic (exact) mass is 1220 g/mol. The Morgan fingerprint density at radius 2 is 1.29 bits per heavy atom. The number of benzene rings is 2. The quantitative estimate of drug-likeness (QED) is 0.0159. The van der Waals surface area contributed by atoms with E-state index >= 15 is 0 Å². The lowest BCUT2D eigenvalue weighted by Crippen LogP contribution is -2.61. The topological polar surface area (TPSA) is 497 Å². The second-order valence-corrected chi connectivity index (χ2v) is 22.6. The van der Waals surface area contributed by atoms with Crippen molar-refractivity contribution in [2.24, 2.45) is 22.2 Å². The lowest BCUT2D eigenvalue weighted by atomic mass is 10.0. The van der Waals surface area contributed by atoms with Gasteiger partial charge in [0, 0.05) is 67.0 Å². The lowest BCUT2D eigenvalue weighted by Gasteiger charge is -2.29. The van der Waals surface area contributed by atoms with Crippen molar-refractivity contribution in [1.29, 1.82) is 10.8 Å². The van der Waals surface area contributed by atoms with Gasteiger partial charge in [-0.05, 0) is 55.7 Å². The molecule has 0 aliphatic carbocycles. The number of fused-ring (bicyclic) bond motifs is 1. The number of nitrogens with one attached hydrogen (secondary N) is 14. The average molecular weight is 1220 g/mol. The highest BCUT2D eigenvalue weighted by Crippen LogP contribution is 2.25. The lowest BCUT2D eigenvalue weighted by molar-refractivity contribution is -0.139. The minimum Gasteiger partial charge on any atom is -0.481 e. The number of primary amides is 1. The number of H-pyrrole nitrogens is 1. The minimum absolute atomic E-state index is 0.0403. The summed E-state index contributed by atoms with van der Waals surface area (Å²) in [5, 5.41) is 54.7. The van der Waals surface area contributed by atoms with E-state index in [1.165, 1.54) is 6.34 Å². The third-order valence-corrected chi connectivity index (χ3v) is 16.2. The Balaban J connectivity index is 1.41. The highest BCUT2D eigenvalue weighted by atomic mass is 33.1. The number of aliphatic imine (C=N–C) groups is 1. The fourth-order valence-electron chi connectivity index (χ4n) is 9.33. The third kappa shape index (κ3) is 20.0. The van der Waals surface area contributed by atoms with Gasteiger partial charge in [0.15, 0.2) is 11.9 Å². The molecule has 3 aromatic rings. The molecule has 2 saturated heterocycles. The highest BCUT2D eigenvalue weighted by Gasteiger charge is 2.41. The number of aromatic amines is 1. The number of carbonyl (C=O) groups is 11. The number of rotatable bonds is 21. The molecular formula is C52H71N19O12S2. The largest absolute Gasteiger partial charge is 0.481 e. The van der Waals surface area contributed by atoms with Gasteiger partial charge in [-0.2, -0.15) is 0 Å². The summed E-state index contributed by atoms with van der Waals surface area (Å²) in [4.78, 5) is 162. The van der Waals surface area contributed by atoms with Crippen LogP contribution in [0.2, 0.25) is 0 Å². The number of nitrogens with two attached hydrogens (primary N) is 3. The summed E-state index contributed by atoms with van der Waals surface area (Å²) in [7, 11) is 1.78. The van der Waals surface area contributed by atoms with Crippen molar-refractivity contribution in [3.63, 3.8) is 0 Å². The Kier molecular flexibility index (Phi) is 24.5. The maximum absolute atomic E-state index is 14.8. The molecule has 0 bridgehead atoms. The Morgan fingerprint density at radius 1 is 0.706 bits per heavy atom. The molecule has 6 rings (SSSR count). The number of imide groups is 1. The van der Waals surface area contributed by atoms with Crippen LogP contribution < -0.4 is 75.7 Å². The van der Waals surface area contributed by atoms with Gasteiger partial charge in [0.05, 0.1) is 19.4 Å². The molecule has 4 heterocycles. The van der Waals surface area contributed by atoms with Crippen LogP contribution in [0, 0.1) is 10.8 Å². The van der Waals surface area contributed by atoms with Gasteiger partial charge in [-0.1, -0.05) is 70.1 Å². The summed E-state index contributed by atoms with van der Waals surface area (Å²) >= 11 is 0. The van der Waals surface area contributed by atoms with Gasteiger partial charge in [-0.15, -0.1) is 0 Å². The van der Waals surface area contributed by atoms with E-state index in [4.69, 9.17) is 28.0 Å². The summed E-state index contributed by atoms with van der Waals surface area (Å²) in [6.45, 7) is -0.171. The number of urea groups is 1. The van der Waals surface area contributed by atoms with Crippen LogP contribution in [0.15, 0.2) is 65.8 Å². The van der Waals surface area contributed by atoms with Gasteiger partial charge < -0.3 is 85.8 Å². The number of carbonyl (C=O) groups excluding carboxylic acids is 10. The highest BCUT2D eigenvalue weighted by molar-refractivity contribution is 8.76. The molecule has 9 atom stereocenters. The fourth-order valence-corrected chi connectivity index (χ4v) is 11.7. The molecule has 85 heavy (non-hydrogen) atoms. The number of carboxylic acids is 1. The van der Waals surface area contributed by atoms with Gasteiger partial charge in [0.1, 0.15) is 48.3 Å². The summed E-state index contributed by atoms with van der Waals surface area (Å²) in [5.74, 6) is -11.3. The molecule has 2 aromatic carbocycles. The van der Waals surface area contributed by atoms with Crippen LogP contribution in [0.1, 0.15) is 56.1 Å². The van der Waals surface area contributed by atoms with Crippen molar-refractivity contribution < 1.29 is 57.8 Å². The molecule has 0 radical (unpaired) electrons. The molecule has 31 nitrogen and oxygen atoms in total. The number of aliphatic carboxylic acids is 1. The number of para-hydroxylation sites is 1. The van der Waals surface area contributed by atoms with Crippen LogP contribution in [0.25, 0.3) is 10.9 Å². The maximum atomic E-state index is 14.8. The van der Waals surface area contributed by atoms with E-state index < -0.39 is 145 Å². The van der Waals surface area contributed by atoms with Crippen LogP contribution in [-0.2, 0) is 60.8 Å². The number of amides is 11. The zero-order valence-corrected chi connectivity index (χ0v) is 47.7. The third-order valence-electron chi connectivity index (χ3n) is 13.7. The number of carboxylic acid groups (broad SMARTS) is 1. The van der Waals surface area contributed by atoms with Crippen LogP contribution >= 0.6 is 21.6 Å². The molecule has 2 fully saturated rings. The summed E-state index contributed by atoms with van der Waals surface area (Å²) in [5.41, 5.74) is 18.7. The first kappa shape index (κ1) is 65.0. The number of aromatic nitrogens is 1. The van der Waals surface area contributed by atoms with Gasteiger partial charge in [-0.3, -0.25) is 68.7 Å². The molecule has 3 aliphatic rings. The van der Waals surface area contributed by atoms with Gasteiger partial charge in [0.25, 0.3) is 5.91 Å². The van der Waals surface area contributed by atoms with E-state index in [1.54, 1.807) is 60.8 Å². The van der Waals surface area contributed by atoms with Crippen LogP contribution in [0.3, 0.4) is 0 Å². The normalized spacial score (nSPS) is 23.4. The fraction of sp³-hybridized carbons (Fsp3) is 0.462. The Hall–Kier alpha value is -9.14. The van der Waals surface area contributed by atoms with E-state index in [0.29, 0.717) is 26.9 Å². The minimum atomic E-state index is -1.73. The number of hydrogen-bond donors (Lipinski definition) is 18. The summed E-state index contributed by atoms with van der Waals surface area (Å²) in [6.07, 6.45) is 1.20. The molecule has 0 saturated carbocycles. The van der Waals surface area contributed by atoms with Crippen LogP contribution in [0.4, 0.5) is 4.79 Å². The predicted molar refractivity (Wildman–Crippen MR) is 314 cm³/mol. The Morgan fingerprint density at radius 3 is 1.94 bits per heavy atom. The maximum Gasteiger partial charge on any atom is 0.325 e. The SMILES string of the molecule is N=C(N)NCCC[C@@H]1NC(=O)[C@@H](Cc2ccccc2)NC(=O)[C@H](CC2CN=CN2)NC(=O)[C@H](CCC(=O)O)NC(=O)[C@@H](NC(=O)[C@@H](CCCNC(=N)N)N2C(=O)CNC2=O)CSSC[C@@H](C(N)=O)NC(=O)[C@H](Cc2c[nH]c3ccccc23)NC1=O. The van der Waals surface area contributed by atoms with E-state index in [1.807, 2.05) is 0 Å². The zero-order valence-electron chi connectivity index (χ0n) is 46.0. The van der Waals surface area contributed by atoms with Crippen LogP contribution in [-0.4, -0.2) is 190 Å². The van der Waals surface area contributed by atoms with Crippen LogP contribution in [0.5, 0.6) is 0 Å². The average Bonchev–Trinajstić information content (AvgIpc) is 4.46. The predicted octanol–water partition coefficient (Wildman–Crippen LogP) is -4.07. The van der Waals surface area contributed by atoms with E-state index in [0.717, 1.165) is 21.6 Å². The standard InChI is InChI=1S/C52H71N19O12S2/c53-42(75)37-24-84-85-25-38(70-49(82)39(13-7-17-60-51(56)57)71-40(72)23-62-52(71)83)48(81)65-33(14-15-41(73)74)44(77)68-36(20-29-22-58-26-63-29)47(80)66-34(18-27-8-2-1-3-9-27)45(78)64-32(12-6-16-59-50(54)55)43(76)67-35(46(79)69-37)19-28-21-61-31-11-5-4-10-30(28)31/h1-5,8-11,21,26,29,32-39,61H,6-7,12-20,22-25H2,(H2,53,75)(H,58,63)(H,62,83)(H,64,78)(H,65,81)(H,66,80)(H,67,76)(H,68,77)(H,69,79)(H,70,82)(H,73,74)(H4,54,55,59)(H4,56,57,60)/t29?,32-,33-,34+,35-,36-,37-,38-,39+/m0/s1. The van der Waals surface area contributed by atoms with E-state index in [2.05, 4.69) is 68.5 Å². The number of guanidine groups is 2. The van der Waals surface area contributed by atoms with Gasteiger partial charge in [-0.25, -0.2) is 4.79 Å².